The maximum absolute atomic E-state index is 12.7. The largest absolute Gasteiger partial charge is 0.349 e. The molecule has 0 radical (unpaired) electrons. The first-order valence-electron chi connectivity index (χ1n) is 8.15. The van der Waals surface area contributed by atoms with E-state index in [1.165, 1.54) is 12.1 Å². The van der Waals surface area contributed by atoms with E-state index in [9.17, 15) is 13.2 Å². The smallest absolute Gasteiger partial charge is 0.238 e. The van der Waals surface area contributed by atoms with Gasteiger partial charge in [0, 0.05) is 11.6 Å². The molecule has 2 unspecified atom stereocenters. The Kier molecular flexibility index (Phi) is 6.77. The second kappa shape index (κ2) is 8.64. The molecule has 0 aliphatic heterocycles. The first kappa shape index (κ1) is 20.4. The van der Waals surface area contributed by atoms with E-state index in [0.717, 1.165) is 5.56 Å². The first-order valence-corrected chi connectivity index (χ1v) is 10.1. The molecule has 2 atom stereocenters. The van der Waals surface area contributed by atoms with Gasteiger partial charge in [-0.05, 0) is 41.8 Å². The highest BCUT2D eigenvalue weighted by Crippen LogP contribution is 2.23. The van der Waals surface area contributed by atoms with Crippen LogP contribution < -0.4 is 16.2 Å². The minimum Gasteiger partial charge on any atom is -0.349 e. The van der Waals surface area contributed by atoms with Crippen molar-refractivity contribution in [2.45, 2.75) is 30.2 Å². The van der Waals surface area contributed by atoms with E-state index in [1.54, 1.807) is 36.4 Å². The van der Waals surface area contributed by atoms with Gasteiger partial charge in [-0.3, -0.25) is 4.79 Å². The summed E-state index contributed by atoms with van der Waals surface area (Å²) in [5.41, 5.74) is 7.22. The molecule has 2 aromatic carbocycles. The number of amides is 1. The van der Waals surface area contributed by atoms with Crippen LogP contribution in [0.15, 0.2) is 53.4 Å². The third-order valence-electron chi connectivity index (χ3n) is 4.14. The van der Waals surface area contributed by atoms with Gasteiger partial charge in [-0.1, -0.05) is 42.8 Å². The zero-order valence-corrected chi connectivity index (χ0v) is 15.9. The van der Waals surface area contributed by atoms with Crippen molar-refractivity contribution in [3.8, 4) is 0 Å². The van der Waals surface area contributed by atoms with Gasteiger partial charge in [-0.15, -0.1) is 0 Å². The van der Waals surface area contributed by atoms with E-state index in [0.29, 0.717) is 17.0 Å². The Labute approximate surface area is 158 Å². The van der Waals surface area contributed by atoms with Gasteiger partial charge >= 0.3 is 0 Å². The fraction of sp³-hybridized carbons (Fsp3) is 0.278. The predicted octanol–water partition coefficient (Wildman–Crippen LogP) is 2.30. The zero-order valence-electron chi connectivity index (χ0n) is 14.4. The molecule has 0 heterocycles. The summed E-state index contributed by atoms with van der Waals surface area (Å²) in [6.45, 7) is 2.04. The summed E-state index contributed by atoms with van der Waals surface area (Å²) in [7, 11) is -3.81. The van der Waals surface area contributed by atoms with Crippen LogP contribution in [0.1, 0.15) is 36.4 Å². The van der Waals surface area contributed by atoms with Gasteiger partial charge in [0.15, 0.2) is 0 Å². The molecule has 0 saturated carbocycles. The normalized spacial score (nSPS) is 13.8. The molecule has 0 spiro atoms. The number of hydrogen-bond donors (Lipinski definition) is 3. The Balaban J connectivity index is 2.23. The van der Waals surface area contributed by atoms with Gasteiger partial charge in [0.1, 0.15) is 0 Å². The monoisotopic (exact) mass is 395 g/mol. The standard InChI is InChI=1S/C18H22ClN3O3S/c1-2-17(13-4-3-5-15(10-13)26(21,24)25)22-18(23)16(11-20)12-6-8-14(19)9-7-12/h3-10,16-17H,2,11,20H2,1H3,(H,22,23)(H2,21,24,25). The summed E-state index contributed by atoms with van der Waals surface area (Å²) >= 11 is 5.89. The molecule has 5 N–H and O–H groups in total. The first-order chi connectivity index (χ1) is 12.3. The molecule has 0 fully saturated rings. The molecule has 0 aliphatic carbocycles. The molecular weight excluding hydrogens is 374 g/mol. The van der Waals surface area contributed by atoms with Gasteiger partial charge in [-0.25, -0.2) is 13.6 Å². The lowest BCUT2D eigenvalue weighted by molar-refractivity contribution is -0.123. The Morgan fingerprint density at radius 1 is 1.15 bits per heavy atom. The van der Waals surface area contributed by atoms with Crippen molar-refractivity contribution in [2.24, 2.45) is 10.9 Å². The van der Waals surface area contributed by atoms with Crippen molar-refractivity contribution in [1.82, 2.24) is 5.32 Å². The van der Waals surface area contributed by atoms with Crippen molar-refractivity contribution in [2.75, 3.05) is 6.54 Å². The number of carbonyl (C=O) groups is 1. The van der Waals surface area contributed by atoms with Crippen LogP contribution in [0.5, 0.6) is 0 Å². The van der Waals surface area contributed by atoms with E-state index in [1.807, 2.05) is 6.92 Å². The lowest BCUT2D eigenvalue weighted by Gasteiger charge is -2.22. The number of primary sulfonamides is 1. The van der Waals surface area contributed by atoms with E-state index >= 15 is 0 Å². The van der Waals surface area contributed by atoms with Crippen LogP contribution in [-0.4, -0.2) is 20.9 Å². The molecule has 0 aromatic heterocycles. The highest BCUT2D eigenvalue weighted by molar-refractivity contribution is 7.89. The molecule has 0 bridgehead atoms. The lowest BCUT2D eigenvalue weighted by atomic mass is 9.96. The Morgan fingerprint density at radius 2 is 1.81 bits per heavy atom. The number of hydrogen-bond acceptors (Lipinski definition) is 4. The number of sulfonamides is 1. The van der Waals surface area contributed by atoms with E-state index in [4.69, 9.17) is 22.5 Å². The molecule has 140 valence electrons. The quantitative estimate of drug-likeness (QED) is 0.666. The SMILES string of the molecule is CCC(NC(=O)C(CN)c1ccc(Cl)cc1)c1cccc(S(N)(=O)=O)c1. The molecule has 6 nitrogen and oxygen atoms in total. The van der Waals surface area contributed by atoms with Gasteiger partial charge < -0.3 is 11.1 Å². The highest BCUT2D eigenvalue weighted by Gasteiger charge is 2.23. The summed E-state index contributed by atoms with van der Waals surface area (Å²) in [5, 5.41) is 8.70. The molecule has 0 saturated heterocycles. The summed E-state index contributed by atoms with van der Waals surface area (Å²) in [4.78, 5) is 12.7. The number of halogens is 1. The van der Waals surface area contributed by atoms with E-state index in [2.05, 4.69) is 5.32 Å². The van der Waals surface area contributed by atoms with E-state index < -0.39 is 15.9 Å². The summed E-state index contributed by atoms with van der Waals surface area (Å²) in [5.74, 6) is -0.759. The van der Waals surface area contributed by atoms with Crippen LogP contribution in [0, 0.1) is 0 Å². The minimum absolute atomic E-state index is 0.00998. The Morgan fingerprint density at radius 3 is 2.35 bits per heavy atom. The van der Waals surface area contributed by atoms with Crippen LogP contribution in [0.2, 0.25) is 5.02 Å². The average Bonchev–Trinajstić information content (AvgIpc) is 2.61. The molecule has 26 heavy (non-hydrogen) atoms. The Hall–Kier alpha value is -1.93. The number of carbonyl (C=O) groups excluding carboxylic acids is 1. The van der Waals surface area contributed by atoms with Crippen molar-refractivity contribution >= 4 is 27.5 Å². The lowest BCUT2D eigenvalue weighted by Crippen LogP contribution is -2.36. The van der Waals surface area contributed by atoms with Gasteiger partial charge in [0.2, 0.25) is 15.9 Å². The molecule has 0 aliphatic rings. The molecule has 2 aromatic rings. The average molecular weight is 396 g/mol. The predicted molar refractivity (Wildman–Crippen MR) is 102 cm³/mol. The second-order valence-electron chi connectivity index (χ2n) is 5.93. The van der Waals surface area contributed by atoms with Crippen molar-refractivity contribution in [1.29, 1.82) is 0 Å². The number of rotatable bonds is 7. The van der Waals surface area contributed by atoms with Crippen molar-refractivity contribution in [3.63, 3.8) is 0 Å². The zero-order chi connectivity index (χ0) is 19.3. The van der Waals surface area contributed by atoms with Gasteiger partial charge in [-0.2, -0.15) is 0 Å². The second-order valence-corrected chi connectivity index (χ2v) is 7.92. The summed E-state index contributed by atoms with van der Waals surface area (Å²) in [6.07, 6.45) is 0.581. The molecule has 8 heteroatoms. The molecular formula is C18H22ClN3O3S. The van der Waals surface area contributed by atoms with Crippen molar-refractivity contribution in [3.05, 3.63) is 64.7 Å². The molecule has 2 rings (SSSR count). The van der Waals surface area contributed by atoms with Gasteiger partial charge in [0.05, 0.1) is 16.9 Å². The fourth-order valence-corrected chi connectivity index (χ4v) is 3.39. The third-order valence-corrected chi connectivity index (χ3v) is 5.30. The fourth-order valence-electron chi connectivity index (χ4n) is 2.69. The number of benzene rings is 2. The van der Waals surface area contributed by atoms with Crippen LogP contribution in [0.4, 0.5) is 0 Å². The summed E-state index contributed by atoms with van der Waals surface area (Å²) in [6, 6.07) is 12.8. The van der Waals surface area contributed by atoms with Crippen LogP contribution in [-0.2, 0) is 14.8 Å². The van der Waals surface area contributed by atoms with Crippen LogP contribution in [0.25, 0.3) is 0 Å². The summed E-state index contributed by atoms with van der Waals surface area (Å²) < 4.78 is 23.1. The highest BCUT2D eigenvalue weighted by atomic mass is 35.5. The van der Waals surface area contributed by atoms with E-state index in [-0.39, 0.29) is 23.4 Å². The number of nitrogens with two attached hydrogens (primary N) is 2. The number of nitrogens with one attached hydrogen (secondary N) is 1. The van der Waals surface area contributed by atoms with Gasteiger partial charge in [0.25, 0.3) is 0 Å². The maximum Gasteiger partial charge on any atom is 0.238 e. The third kappa shape index (κ3) is 5.04. The Bertz CT molecular complexity index is 870. The maximum atomic E-state index is 12.7. The minimum atomic E-state index is -3.81. The topological polar surface area (TPSA) is 115 Å². The van der Waals surface area contributed by atoms with Crippen LogP contribution in [0.3, 0.4) is 0 Å². The van der Waals surface area contributed by atoms with Crippen molar-refractivity contribution < 1.29 is 13.2 Å². The molecule has 1 amide bonds. The van der Waals surface area contributed by atoms with Crippen LogP contribution >= 0.6 is 11.6 Å².